The highest BCUT2D eigenvalue weighted by molar-refractivity contribution is 5.85. The molecule has 3 rings (SSSR count). The fraction of sp³-hybridized carbons (Fsp3) is 0.263. The minimum Gasteiger partial charge on any atom is -0.352 e. The number of imidazole rings is 1. The van der Waals surface area contributed by atoms with E-state index in [1.54, 1.807) is 0 Å². The van der Waals surface area contributed by atoms with Crippen LogP contribution < -0.4 is 10.6 Å². The summed E-state index contributed by atoms with van der Waals surface area (Å²) in [5.74, 6) is 0.0283. The molecule has 3 aromatic rings. The number of para-hydroxylation sites is 2. The van der Waals surface area contributed by atoms with E-state index in [9.17, 15) is 4.79 Å². The molecule has 1 heterocycles. The molecule has 1 atom stereocenters. The van der Waals surface area contributed by atoms with Crippen molar-refractivity contribution in [2.24, 2.45) is 5.92 Å². The number of hydrogen-bond acceptors (Lipinski definition) is 3. The van der Waals surface area contributed by atoms with E-state index in [1.165, 1.54) is 0 Å². The van der Waals surface area contributed by atoms with Gasteiger partial charge in [0.25, 0.3) is 0 Å². The van der Waals surface area contributed by atoms with Crippen LogP contribution in [0.2, 0.25) is 0 Å². The van der Waals surface area contributed by atoms with Crippen LogP contribution >= 0.6 is 12.4 Å². The molecule has 0 fully saturated rings. The van der Waals surface area contributed by atoms with Crippen LogP contribution in [0.5, 0.6) is 0 Å². The van der Waals surface area contributed by atoms with Crippen molar-refractivity contribution in [2.45, 2.75) is 13.5 Å². The Morgan fingerprint density at radius 3 is 2.60 bits per heavy atom. The Morgan fingerprint density at radius 1 is 1.16 bits per heavy atom. The Labute approximate surface area is 153 Å². The number of amides is 1. The summed E-state index contributed by atoms with van der Waals surface area (Å²) < 4.78 is 2.06. The predicted octanol–water partition coefficient (Wildman–Crippen LogP) is 2.92. The second kappa shape index (κ2) is 8.65. The van der Waals surface area contributed by atoms with Crippen LogP contribution in [0.25, 0.3) is 16.7 Å². The molecule has 1 amide bonds. The van der Waals surface area contributed by atoms with Gasteiger partial charge in [-0.15, -0.1) is 12.4 Å². The van der Waals surface area contributed by atoms with Gasteiger partial charge in [-0.25, -0.2) is 4.98 Å². The Bertz CT molecular complexity index is 829. The van der Waals surface area contributed by atoms with Gasteiger partial charge in [-0.1, -0.05) is 31.2 Å². The molecule has 0 bridgehead atoms. The minimum absolute atomic E-state index is 0. The highest BCUT2D eigenvalue weighted by Crippen LogP contribution is 2.18. The van der Waals surface area contributed by atoms with Crippen LogP contribution in [0.3, 0.4) is 0 Å². The minimum atomic E-state index is -0.0356. The lowest BCUT2D eigenvalue weighted by molar-refractivity contribution is -0.124. The molecular formula is C19H23ClN4O. The van der Waals surface area contributed by atoms with Crippen LogP contribution in [0, 0.1) is 5.92 Å². The van der Waals surface area contributed by atoms with Crippen molar-refractivity contribution in [3.05, 3.63) is 60.4 Å². The number of carbonyl (C=O) groups excluding carboxylic acids is 1. The first-order chi connectivity index (χ1) is 11.7. The highest BCUT2D eigenvalue weighted by atomic mass is 35.5. The van der Waals surface area contributed by atoms with E-state index in [4.69, 9.17) is 0 Å². The van der Waals surface area contributed by atoms with Crippen molar-refractivity contribution >= 4 is 29.3 Å². The van der Waals surface area contributed by atoms with E-state index in [1.807, 2.05) is 62.8 Å². The zero-order valence-corrected chi connectivity index (χ0v) is 15.2. The lowest BCUT2D eigenvalue weighted by Gasteiger charge is -2.12. The average Bonchev–Trinajstić information content (AvgIpc) is 3.04. The monoisotopic (exact) mass is 358 g/mol. The van der Waals surface area contributed by atoms with E-state index in [0.717, 1.165) is 22.3 Å². The molecule has 2 aromatic carbocycles. The molecule has 132 valence electrons. The SMILES string of the molecule is CNCC(C)C(=O)NCc1ccc(-n2cnc3ccccc32)cc1.Cl. The van der Waals surface area contributed by atoms with Crippen molar-refractivity contribution in [2.75, 3.05) is 13.6 Å². The normalized spacial score (nSPS) is 11.8. The zero-order chi connectivity index (χ0) is 16.9. The highest BCUT2D eigenvalue weighted by Gasteiger charge is 2.11. The zero-order valence-electron chi connectivity index (χ0n) is 14.4. The fourth-order valence-corrected chi connectivity index (χ4v) is 2.70. The third-order valence-electron chi connectivity index (χ3n) is 4.09. The van der Waals surface area contributed by atoms with E-state index >= 15 is 0 Å². The number of aromatic nitrogens is 2. The molecule has 0 aliphatic rings. The number of halogens is 1. The molecule has 0 saturated carbocycles. The van der Waals surface area contributed by atoms with E-state index in [-0.39, 0.29) is 24.2 Å². The fourth-order valence-electron chi connectivity index (χ4n) is 2.70. The summed E-state index contributed by atoms with van der Waals surface area (Å²) in [7, 11) is 1.85. The Hall–Kier alpha value is -2.37. The molecule has 0 saturated heterocycles. The molecule has 2 N–H and O–H groups in total. The molecule has 0 radical (unpaired) electrons. The second-order valence-electron chi connectivity index (χ2n) is 5.95. The summed E-state index contributed by atoms with van der Waals surface area (Å²) in [6.45, 7) is 3.13. The number of fused-ring (bicyclic) bond motifs is 1. The van der Waals surface area contributed by atoms with Gasteiger partial charge in [0.1, 0.15) is 6.33 Å². The number of rotatable bonds is 6. The number of hydrogen-bond donors (Lipinski definition) is 2. The van der Waals surface area contributed by atoms with Crippen molar-refractivity contribution in [3.63, 3.8) is 0 Å². The Balaban J connectivity index is 0.00000225. The number of nitrogens with zero attached hydrogens (tertiary/aromatic N) is 2. The van der Waals surface area contributed by atoms with Crippen molar-refractivity contribution < 1.29 is 4.79 Å². The van der Waals surface area contributed by atoms with Gasteiger partial charge >= 0.3 is 0 Å². The van der Waals surface area contributed by atoms with Gasteiger partial charge in [0, 0.05) is 24.7 Å². The molecule has 5 nitrogen and oxygen atoms in total. The topological polar surface area (TPSA) is 59.0 Å². The van der Waals surface area contributed by atoms with Crippen LogP contribution in [0.4, 0.5) is 0 Å². The largest absolute Gasteiger partial charge is 0.352 e. The molecule has 0 aliphatic carbocycles. The second-order valence-corrected chi connectivity index (χ2v) is 5.95. The first kappa shape index (κ1) is 19.0. The standard InChI is InChI=1S/C19H22N4O.ClH/c1-14(11-20-2)19(24)21-12-15-7-9-16(10-8-15)23-13-22-17-5-3-4-6-18(17)23;/h3-10,13-14,20H,11-12H2,1-2H3,(H,21,24);1H. The summed E-state index contributed by atoms with van der Waals surface area (Å²) in [4.78, 5) is 16.4. The third kappa shape index (κ3) is 4.38. The first-order valence-corrected chi connectivity index (χ1v) is 8.12. The third-order valence-corrected chi connectivity index (χ3v) is 4.09. The first-order valence-electron chi connectivity index (χ1n) is 8.12. The van der Waals surface area contributed by atoms with E-state index in [0.29, 0.717) is 13.1 Å². The van der Waals surface area contributed by atoms with Gasteiger partial charge in [-0.2, -0.15) is 0 Å². The lowest BCUT2D eigenvalue weighted by Crippen LogP contribution is -2.33. The summed E-state index contributed by atoms with van der Waals surface area (Å²) in [6.07, 6.45) is 1.83. The van der Waals surface area contributed by atoms with Crippen molar-refractivity contribution in [3.8, 4) is 5.69 Å². The maximum atomic E-state index is 11.9. The maximum Gasteiger partial charge on any atom is 0.224 e. The number of benzene rings is 2. The number of carbonyl (C=O) groups is 1. The lowest BCUT2D eigenvalue weighted by atomic mass is 10.1. The van der Waals surface area contributed by atoms with Crippen molar-refractivity contribution in [1.82, 2.24) is 20.2 Å². The summed E-state index contributed by atoms with van der Waals surface area (Å²) in [6, 6.07) is 16.2. The molecule has 1 aromatic heterocycles. The summed E-state index contributed by atoms with van der Waals surface area (Å²) >= 11 is 0. The Morgan fingerprint density at radius 2 is 1.88 bits per heavy atom. The van der Waals surface area contributed by atoms with E-state index < -0.39 is 0 Å². The maximum absolute atomic E-state index is 11.9. The quantitative estimate of drug-likeness (QED) is 0.712. The summed E-state index contributed by atoms with van der Waals surface area (Å²) in [5.41, 5.74) is 4.20. The predicted molar refractivity (Wildman–Crippen MR) is 103 cm³/mol. The average molecular weight is 359 g/mol. The van der Waals surface area contributed by atoms with Gasteiger partial charge < -0.3 is 10.6 Å². The molecule has 0 spiro atoms. The molecule has 0 aliphatic heterocycles. The molecule has 25 heavy (non-hydrogen) atoms. The molecule has 6 heteroatoms. The van der Waals surface area contributed by atoms with Gasteiger partial charge in [0.05, 0.1) is 11.0 Å². The van der Waals surface area contributed by atoms with Gasteiger partial charge in [-0.05, 0) is 36.9 Å². The molecular weight excluding hydrogens is 336 g/mol. The number of nitrogens with one attached hydrogen (secondary N) is 2. The smallest absolute Gasteiger partial charge is 0.224 e. The van der Waals surface area contributed by atoms with Crippen molar-refractivity contribution in [1.29, 1.82) is 0 Å². The van der Waals surface area contributed by atoms with Gasteiger partial charge in [-0.3, -0.25) is 9.36 Å². The van der Waals surface area contributed by atoms with E-state index in [2.05, 4.69) is 26.3 Å². The van der Waals surface area contributed by atoms with Gasteiger partial charge in [0.15, 0.2) is 0 Å². The van der Waals surface area contributed by atoms with Crippen LogP contribution in [-0.4, -0.2) is 29.1 Å². The van der Waals surface area contributed by atoms with Gasteiger partial charge in [0.2, 0.25) is 5.91 Å². The van der Waals surface area contributed by atoms with Crippen LogP contribution in [0.1, 0.15) is 12.5 Å². The van der Waals surface area contributed by atoms with Crippen LogP contribution in [-0.2, 0) is 11.3 Å². The van der Waals surface area contributed by atoms with Crippen LogP contribution in [0.15, 0.2) is 54.9 Å². The Kier molecular flexibility index (Phi) is 6.56. The summed E-state index contributed by atoms with van der Waals surface area (Å²) in [5, 5.41) is 5.98. The molecule has 1 unspecified atom stereocenters.